The Kier molecular flexibility index (Phi) is 8.66. The zero-order chi connectivity index (χ0) is 15.9. The fourth-order valence-corrected chi connectivity index (χ4v) is 2.84. The van der Waals surface area contributed by atoms with Gasteiger partial charge in [0.05, 0.1) is 5.02 Å². The van der Waals surface area contributed by atoms with Gasteiger partial charge in [-0.2, -0.15) is 0 Å². The molecule has 1 heterocycles. The Bertz CT molecular complexity index is 511. The Morgan fingerprint density at radius 3 is 2.74 bits per heavy atom. The van der Waals surface area contributed by atoms with E-state index in [0.29, 0.717) is 5.75 Å². The standard InChI is InChI=1S/C16H22ClFN2O2.ClH/c1-2-9-20(12-5-7-19-8-6-12)16(21)11-22-13-3-4-15(18)14(17)10-13;/h3-4,10,12,19H,2,5-9,11H2,1H3;1H. The molecule has 7 heteroatoms. The number of nitrogens with zero attached hydrogens (tertiary/aromatic N) is 1. The zero-order valence-electron chi connectivity index (χ0n) is 13.2. The summed E-state index contributed by atoms with van der Waals surface area (Å²) in [5, 5.41) is 3.29. The van der Waals surface area contributed by atoms with Crippen molar-refractivity contribution in [3.63, 3.8) is 0 Å². The zero-order valence-corrected chi connectivity index (χ0v) is 14.8. The summed E-state index contributed by atoms with van der Waals surface area (Å²) in [4.78, 5) is 14.3. The SMILES string of the molecule is CCCN(C(=O)COc1ccc(F)c(Cl)c1)C1CCNCC1.Cl. The molecule has 1 fully saturated rings. The number of hydrogen-bond acceptors (Lipinski definition) is 3. The van der Waals surface area contributed by atoms with Gasteiger partial charge in [0, 0.05) is 18.7 Å². The number of benzene rings is 1. The Hall–Kier alpha value is -1.04. The first-order valence-electron chi connectivity index (χ1n) is 7.70. The van der Waals surface area contributed by atoms with Crippen molar-refractivity contribution in [3.05, 3.63) is 29.0 Å². The maximum absolute atomic E-state index is 13.1. The van der Waals surface area contributed by atoms with Gasteiger partial charge in [0.1, 0.15) is 11.6 Å². The number of piperidine rings is 1. The highest BCUT2D eigenvalue weighted by atomic mass is 35.5. The first-order chi connectivity index (χ1) is 10.6. The van der Waals surface area contributed by atoms with Gasteiger partial charge in [-0.05, 0) is 44.5 Å². The predicted molar refractivity (Wildman–Crippen MR) is 92.0 cm³/mol. The van der Waals surface area contributed by atoms with Crippen molar-refractivity contribution >= 4 is 29.9 Å². The molecule has 4 nitrogen and oxygen atoms in total. The average Bonchev–Trinajstić information content (AvgIpc) is 2.54. The van der Waals surface area contributed by atoms with Gasteiger partial charge in [0.2, 0.25) is 0 Å². The van der Waals surface area contributed by atoms with Gasteiger partial charge in [-0.25, -0.2) is 4.39 Å². The number of hydrogen-bond donors (Lipinski definition) is 1. The van der Waals surface area contributed by atoms with E-state index >= 15 is 0 Å². The second kappa shape index (κ2) is 9.96. The van der Waals surface area contributed by atoms with Gasteiger partial charge in [-0.3, -0.25) is 4.79 Å². The Balaban J connectivity index is 0.00000264. The molecule has 0 radical (unpaired) electrons. The molecule has 130 valence electrons. The van der Waals surface area contributed by atoms with E-state index in [1.54, 1.807) is 0 Å². The number of nitrogens with one attached hydrogen (secondary N) is 1. The molecule has 0 unspecified atom stereocenters. The van der Waals surface area contributed by atoms with Crippen LogP contribution in [0.4, 0.5) is 4.39 Å². The van der Waals surface area contributed by atoms with E-state index < -0.39 is 5.82 Å². The van der Waals surface area contributed by atoms with Crippen molar-refractivity contribution in [2.75, 3.05) is 26.2 Å². The molecule has 0 atom stereocenters. The largest absolute Gasteiger partial charge is 0.484 e. The van der Waals surface area contributed by atoms with E-state index in [2.05, 4.69) is 12.2 Å². The summed E-state index contributed by atoms with van der Waals surface area (Å²) in [6.07, 6.45) is 2.85. The maximum atomic E-state index is 13.1. The van der Waals surface area contributed by atoms with Crippen molar-refractivity contribution in [2.24, 2.45) is 0 Å². The molecule has 0 aliphatic carbocycles. The molecule has 0 aromatic heterocycles. The van der Waals surface area contributed by atoms with E-state index in [1.165, 1.54) is 18.2 Å². The molecule has 1 N–H and O–H groups in total. The minimum absolute atomic E-state index is 0. The van der Waals surface area contributed by atoms with Gasteiger partial charge in [-0.1, -0.05) is 18.5 Å². The monoisotopic (exact) mass is 364 g/mol. The molecule has 1 aliphatic rings. The highest BCUT2D eigenvalue weighted by molar-refractivity contribution is 6.30. The van der Waals surface area contributed by atoms with Crippen LogP contribution in [0.1, 0.15) is 26.2 Å². The Labute approximate surface area is 147 Å². The average molecular weight is 365 g/mol. The van der Waals surface area contributed by atoms with Crippen molar-refractivity contribution in [1.29, 1.82) is 0 Å². The van der Waals surface area contributed by atoms with Crippen molar-refractivity contribution < 1.29 is 13.9 Å². The van der Waals surface area contributed by atoms with Crippen LogP contribution < -0.4 is 10.1 Å². The van der Waals surface area contributed by atoms with Gasteiger partial charge >= 0.3 is 0 Å². The second-order valence-electron chi connectivity index (χ2n) is 5.43. The summed E-state index contributed by atoms with van der Waals surface area (Å²) in [6, 6.07) is 4.37. The fraction of sp³-hybridized carbons (Fsp3) is 0.562. The number of carbonyl (C=O) groups is 1. The summed E-state index contributed by atoms with van der Waals surface area (Å²) in [6.45, 7) is 4.62. The lowest BCUT2D eigenvalue weighted by atomic mass is 10.0. The van der Waals surface area contributed by atoms with E-state index in [1.807, 2.05) is 4.90 Å². The summed E-state index contributed by atoms with van der Waals surface area (Å²) >= 11 is 5.71. The van der Waals surface area contributed by atoms with Gasteiger partial charge in [-0.15, -0.1) is 12.4 Å². The molecule has 0 saturated carbocycles. The third kappa shape index (κ3) is 5.83. The van der Waals surface area contributed by atoms with Crippen LogP contribution in [-0.4, -0.2) is 43.1 Å². The molecular weight excluding hydrogens is 342 g/mol. The number of ether oxygens (including phenoxy) is 1. The van der Waals surface area contributed by atoms with Crippen LogP contribution in [0.5, 0.6) is 5.75 Å². The second-order valence-corrected chi connectivity index (χ2v) is 5.84. The normalized spacial score (nSPS) is 14.9. The van der Waals surface area contributed by atoms with Crippen molar-refractivity contribution in [2.45, 2.75) is 32.2 Å². The highest BCUT2D eigenvalue weighted by Crippen LogP contribution is 2.21. The third-order valence-electron chi connectivity index (χ3n) is 3.79. The van der Waals surface area contributed by atoms with Gasteiger partial charge in [0.15, 0.2) is 6.61 Å². The van der Waals surface area contributed by atoms with Crippen molar-refractivity contribution in [1.82, 2.24) is 10.2 Å². The number of rotatable bonds is 6. The number of halogens is 3. The molecule has 1 aromatic rings. The smallest absolute Gasteiger partial charge is 0.260 e. The molecule has 2 rings (SSSR count). The minimum atomic E-state index is -0.498. The van der Waals surface area contributed by atoms with Crippen LogP contribution in [0.25, 0.3) is 0 Å². The van der Waals surface area contributed by atoms with Crippen LogP contribution >= 0.6 is 24.0 Å². The lowest BCUT2D eigenvalue weighted by Gasteiger charge is -2.34. The number of amides is 1. The van der Waals surface area contributed by atoms with Crippen LogP contribution in [0.2, 0.25) is 5.02 Å². The number of carbonyl (C=O) groups excluding carboxylic acids is 1. The maximum Gasteiger partial charge on any atom is 0.260 e. The lowest BCUT2D eigenvalue weighted by Crippen LogP contribution is -2.48. The first kappa shape index (κ1) is 20.0. The summed E-state index contributed by atoms with van der Waals surface area (Å²) < 4.78 is 18.6. The summed E-state index contributed by atoms with van der Waals surface area (Å²) in [5.74, 6) is -0.127. The Morgan fingerprint density at radius 2 is 2.13 bits per heavy atom. The molecule has 1 amide bonds. The summed E-state index contributed by atoms with van der Waals surface area (Å²) in [5.41, 5.74) is 0. The van der Waals surface area contributed by atoms with Gasteiger partial charge in [0.25, 0.3) is 5.91 Å². The Morgan fingerprint density at radius 1 is 1.43 bits per heavy atom. The predicted octanol–water partition coefficient (Wildman–Crippen LogP) is 3.27. The topological polar surface area (TPSA) is 41.6 Å². The molecule has 1 saturated heterocycles. The molecule has 0 spiro atoms. The quantitative estimate of drug-likeness (QED) is 0.841. The molecule has 1 aromatic carbocycles. The molecule has 23 heavy (non-hydrogen) atoms. The fourth-order valence-electron chi connectivity index (χ4n) is 2.66. The van der Waals surface area contributed by atoms with Crippen LogP contribution in [0, 0.1) is 5.82 Å². The summed E-state index contributed by atoms with van der Waals surface area (Å²) in [7, 11) is 0. The molecule has 1 aliphatic heterocycles. The van der Waals surface area contributed by atoms with E-state index in [4.69, 9.17) is 16.3 Å². The van der Waals surface area contributed by atoms with E-state index in [-0.39, 0.29) is 36.0 Å². The van der Waals surface area contributed by atoms with E-state index in [0.717, 1.165) is 38.9 Å². The van der Waals surface area contributed by atoms with Gasteiger partial charge < -0.3 is 15.0 Å². The highest BCUT2D eigenvalue weighted by Gasteiger charge is 2.24. The minimum Gasteiger partial charge on any atom is -0.484 e. The third-order valence-corrected chi connectivity index (χ3v) is 4.08. The molecule has 0 bridgehead atoms. The van der Waals surface area contributed by atoms with Crippen LogP contribution in [0.3, 0.4) is 0 Å². The van der Waals surface area contributed by atoms with E-state index in [9.17, 15) is 9.18 Å². The van der Waals surface area contributed by atoms with Crippen LogP contribution in [-0.2, 0) is 4.79 Å². The molecular formula is C16H23Cl2FN2O2. The lowest BCUT2D eigenvalue weighted by molar-refractivity contribution is -0.136. The van der Waals surface area contributed by atoms with Crippen molar-refractivity contribution in [3.8, 4) is 5.75 Å². The first-order valence-corrected chi connectivity index (χ1v) is 8.07. The van der Waals surface area contributed by atoms with Crippen LogP contribution in [0.15, 0.2) is 18.2 Å².